The zero-order valence-electron chi connectivity index (χ0n) is 13.7. The number of aromatic nitrogens is 2. The first kappa shape index (κ1) is 16.7. The van der Waals surface area contributed by atoms with Gasteiger partial charge in [0.25, 0.3) is 0 Å². The van der Waals surface area contributed by atoms with Crippen LogP contribution in [0.3, 0.4) is 0 Å². The fourth-order valence-corrected chi connectivity index (χ4v) is 3.38. The molecule has 0 aliphatic heterocycles. The molecule has 0 saturated heterocycles. The minimum absolute atomic E-state index is 0.0428. The predicted molar refractivity (Wildman–Crippen MR) is 96.3 cm³/mol. The van der Waals surface area contributed by atoms with Crippen molar-refractivity contribution in [2.24, 2.45) is 0 Å². The number of carbonyl (C=O) groups is 1. The third-order valence-electron chi connectivity index (χ3n) is 3.90. The van der Waals surface area contributed by atoms with Crippen molar-refractivity contribution in [2.75, 3.05) is 20.3 Å². The van der Waals surface area contributed by atoms with E-state index in [-0.39, 0.29) is 5.91 Å². The van der Waals surface area contributed by atoms with Gasteiger partial charge in [-0.1, -0.05) is 18.2 Å². The van der Waals surface area contributed by atoms with Crippen LogP contribution in [0.15, 0.2) is 42.0 Å². The molecule has 0 aliphatic carbocycles. The predicted octanol–water partition coefficient (Wildman–Crippen LogP) is 2.65. The van der Waals surface area contributed by atoms with Crippen LogP contribution < -0.4 is 5.32 Å². The van der Waals surface area contributed by atoms with E-state index in [1.54, 1.807) is 24.6 Å². The molecule has 0 unspecified atom stereocenters. The van der Waals surface area contributed by atoms with Crippen molar-refractivity contribution < 1.29 is 9.53 Å². The minimum Gasteiger partial charge on any atom is -0.383 e. The molecule has 0 aliphatic rings. The largest absolute Gasteiger partial charge is 0.383 e. The van der Waals surface area contributed by atoms with Gasteiger partial charge in [-0.05, 0) is 11.6 Å². The van der Waals surface area contributed by atoms with E-state index in [0.29, 0.717) is 19.6 Å². The lowest BCUT2D eigenvalue weighted by molar-refractivity contribution is -0.120. The SMILES string of the molecule is COCCn1cc(CC(=O)NCCc2nccs2)c2ccccc21. The number of para-hydroxylation sites is 1. The van der Waals surface area contributed by atoms with Crippen LogP contribution in [0.25, 0.3) is 10.9 Å². The van der Waals surface area contributed by atoms with Crippen LogP contribution in [0.1, 0.15) is 10.6 Å². The summed E-state index contributed by atoms with van der Waals surface area (Å²) < 4.78 is 7.32. The Morgan fingerprint density at radius 2 is 2.25 bits per heavy atom. The van der Waals surface area contributed by atoms with Crippen molar-refractivity contribution in [1.82, 2.24) is 14.9 Å². The van der Waals surface area contributed by atoms with Crippen molar-refractivity contribution in [3.05, 3.63) is 52.6 Å². The molecular weight excluding hydrogens is 322 g/mol. The monoisotopic (exact) mass is 343 g/mol. The van der Waals surface area contributed by atoms with Crippen LogP contribution in [0.4, 0.5) is 0 Å². The van der Waals surface area contributed by atoms with Crippen LogP contribution in [-0.4, -0.2) is 35.7 Å². The first-order valence-electron chi connectivity index (χ1n) is 7.98. The van der Waals surface area contributed by atoms with Crippen molar-refractivity contribution in [3.63, 3.8) is 0 Å². The number of nitrogens with one attached hydrogen (secondary N) is 1. The fraction of sp³-hybridized carbons (Fsp3) is 0.333. The summed E-state index contributed by atoms with van der Waals surface area (Å²) in [5.41, 5.74) is 2.19. The topological polar surface area (TPSA) is 56.1 Å². The third-order valence-corrected chi connectivity index (χ3v) is 4.74. The van der Waals surface area contributed by atoms with Gasteiger partial charge in [0.05, 0.1) is 18.0 Å². The number of methoxy groups -OCH3 is 1. The molecule has 3 rings (SSSR count). The highest BCUT2D eigenvalue weighted by molar-refractivity contribution is 7.09. The average molecular weight is 343 g/mol. The third kappa shape index (κ3) is 4.01. The molecule has 126 valence electrons. The Balaban J connectivity index is 1.64. The molecule has 0 bridgehead atoms. The van der Waals surface area contributed by atoms with Crippen LogP contribution in [0, 0.1) is 0 Å². The molecule has 2 aromatic heterocycles. The molecule has 1 N–H and O–H groups in total. The number of hydrogen-bond donors (Lipinski definition) is 1. The van der Waals surface area contributed by atoms with Gasteiger partial charge >= 0.3 is 0 Å². The molecule has 1 amide bonds. The van der Waals surface area contributed by atoms with Gasteiger partial charge in [0.15, 0.2) is 0 Å². The number of rotatable bonds is 8. The van der Waals surface area contributed by atoms with Crippen LogP contribution in [-0.2, 0) is 28.9 Å². The Labute approximate surface area is 145 Å². The second-order valence-corrected chi connectivity index (χ2v) is 6.54. The highest BCUT2D eigenvalue weighted by Gasteiger charge is 2.11. The maximum absolute atomic E-state index is 12.2. The molecule has 0 atom stereocenters. The number of hydrogen-bond acceptors (Lipinski definition) is 4. The number of amides is 1. The zero-order valence-corrected chi connectivity index (χ0v) is 14.5. The molecular formula is C18H21N3O2S. The molecule has 5 nitrogen and oxygen atoms in total. The number of benzene rings is 1. The second-order valence-electron chi connectivity index (χ2n) is 5.56. The van der Waals surface area contributed by atoms with Crippen molar-refractivity contribution in [3.8, 4) is 0 Å². The molecule has 0 radical (unpaired) electrons. The molecule has 24 heavy (non-hydrogen) atoms. The fourth-order valence-electron chi connectivity index (χ4n) is 2.76. The van der Waals surface area contributed by atoms with Gasteiger partial charge < -0.3 is 14.6 Å². The Hall–Kier alpha value is -2.18. The van der Waals surface area contributed by atoms with E-state index < -0.39 is 0 Å². The normalized spacial score (nSPS) is 11.0. The van der Waals surface area contributed by atoms with Crippen LogP contribution in [0.2, 0.25) is 0 Å². The molecule has 0 spiro atoms. The summed E-state index contributed by atoms with van der Waals surface area (Å²) in [6, 6.07) is 8.17. The molecule has 3 aromatic rings. The molecule has 0 fully saturated rings. The first-order valence-corrected chi connectivity index (χ1v) is 8.86. The highest BCUT2D eigenvalue weighted by Crippen LogP contribution is 2.21. The van der Waals surface area contributed by atoms with Gasteiger partial charge in [-0.25, -0.2) is 4.98 Å². The van der Waals surface area contributed by atoms with E-state index in [1.807, 2.05) is 17.5 Å². The Kier molecular flexibility index (Phi) is 5.61. The van der Waals surface area contributed by atoms with Crippen molar-refractivity contribution in [2.45, 2.75) is 19.4 Å². The van der Waals surface area contributed by atoms with E-state index in [4.69, 9.17) is 4.74 Å². The Bertz CT molecular complexity index is 796. The van der Waals surface area contributed by atoms with Crippen molar-refractivity contribution >= 4 is 28.1 Å². The minimum atomic E-state index is 0.0428. The summed E-state index contributed by atoms with van der Waals surface area (Å²) in [7, 11) is 1.70. The van der Waals surface area contributed by atoms with E-state index in [1.165, 1.54) is 0 Å². The molecule has 1 aromatic carbocycles. The van der Waals surface area contributed by atoms with E-state index in [0.717, 1.165) is 34.4 Å². The number of fused-ring (bicyclic) bond motifs is 1. The van der Waals surface area contributed by atoms with Gasteiger partial charge in [0, 0.05) is 55.3 Å². The first-order chi connectivity index (χ1) is 11.8. The lowest BCUT2D eigenvalue weighted by atomic mass is 10.1. The zero-order chi connectivity index (χ0) is 16.8. The smallest absolute Gasteiger partial charge is 0.224 e. The van der Waals surface area contributed by atoms with Gasteiger partial charge in [-0.3, -0.25) is 4.79 Å². The van der Waals surface area contributed by atoms with Gasteiger partial charge in [0.2, 0.25) is 5.91 Å². The highest BCUT2D eigenvalue weighted by atomic mass is 32.1. The summed E-state index contributed by atoms with van der Waals surface area (Å²) in [5.74, 6) is 0.0428. The molecule has 0 saturated carbocycles. The van der Waals surface area contributed by atoms with Gasteiger partial charge in [0.1, 0.15) is 0 Å². The summed E-state index contributed by atoms with van der Waals surface area (Å²) in [6.07, 6.45) is 5.01. The Morgan fingerprint density at radius 1 is 1.38 bits per heavy atom. The average Bonchev–Trinajstić information content (AvgIpc) is 3.22. The van der Waals surface area contributed by atoms with Gasteiger partial charge in [-0.2, -0.15) is 0 Å². The van der Waals surface area contributed by atoms with Crippen molar-refractivity contribution in [1.29, 1.82) is 0 Å². The number of thiazole rings is 1. The molecule has 2 heterocycles. The number of ether oxygens (including phenoxy) is 1. The summed E-state index contributed by atoms with van der Waals surface area (Å²) in [6.45, 7) is 2.05. The quantitative estimate of drug-likeness (QED) is 0.684. The van der Waals surface area contributed by atoms with Gasteiger partial charge in [-0.15, -0.1) is 11.3 Å². The maximum Gasteiger partial charge on any atom is 0.224 e. The molecule has 6 heteroatoms. The van der Waals surface area contributed by atoms with E-state index in [9.17, 15) is 4.79 Å². The van der Waals surface area contributed by atoms with Crippen LogP contribution in [0.5, 0.6) is 0 Å². The Morgan fingerprint density at radius 3 is 3.04 bits per heavy atom. The number of nitrogens with zero attached hydrogens (tertiary/aromatic N) is 2. The van der Waals surface area contributed by atoms with E-state index in [2.05, 4.69) is 33.2 Å². The maximum atomic E-state index is 12.2. The summed E-state index contributed by atoms with van der Waals surface area (Å²) >= 11 is 1.61. The summed E-state index contributed by atoms with van der Waals surface area (Å²) in [4.78, 5) is 16.5. The number of carbonyl (C=O) groups excluding carboxylic acids is 1. The lowest BCUT2D eigenvalue weighted by Gasteiger charge is -2.03. The standard InChI is InChI=1S/C18H21N3O2S/c1-23-10-9-21-13-14(15-4-2-3-5-16(15)21)12-17(22)19-7-6-18-20-8-11-24-18/h2-5,8,11,13H,6-7,9-10,12H2,1H3,(H,19,22). The summed E-state index contributed by atoms with van der Waals surface area (Å²) in [5, 5.41) is 7.11. The van der Waals surface area contributed by atoms with Crippen LogP contribution >= 0.6 is 11.3 Å². The van der Waals surface area contributed by atoms with E-state index >= 15 is 0 Å². The lowest BCUT2D eigenvalue weighted by Crippen LogP contribution is -2.27. The second kappa shape index (κ2) is 8.08.